The molecule has 32 heavy (non-hydrogen) atoms. The van der Waals surface area contributed by atoms with Crippen molar-refractivity contribution < 1.29 is 24.5 Å². The van der Waals surface area contributed by atoms with Gasteiger partial charge < -0.3 is 25.0 Å². The second kappa shape index (κ2) is 16.0. The summed E-state index contributed by atoms with van der Waals surface area (Å²) in [6, 6.07) is 1.74. The lowest BCUT2D eigenvalue weighted by molar-refractivity contribution is -0.138. The number of hydrogen-bond acceptors (Lipinski definition) is 5. The van der Waals surface area contributed by atoms with Gasteiger partial charge >= 0.3 is 5.97 Å². The lowest BCUT2D eigenvalue weighted by Crippen LogP contribution is -2.40. The molecule has 0 bridgehead atoms. The van der Waals surface area contributed by atoms with Gasteiger partial charge in [-0.05, 0) is 38.5 Å². The summed E-state index contributed by atoms with van der Waals surface area (Å²) >= 11 is 0. The fraction of sp³-hybridized carbons (Fsp3) is 0.962. The van der Waals surface area contributed by atoms with Gasteiger partial charge in [0.2, 0.25) is 0 Å². The van der Waals surface area contributed by atoms with Gasteiger partial charge in [-0.2, -0.15) is 0 Å². The Morgan fingerprint density at radius 3 is 1.66 bits per heavy atom. The number of aliphatic hydroxyl groups excluding tert-OH is 1. The average Bonchev–Trinajstić information content (AvgIpc) is 3.74. The van der Waals surface area contributed by atoms with Gasteiger partial charge in [0.1, 0.15) is 6.10 Å². The van der Waals surface area contributed by atoms with E-state index in [1.807, 2.05) is 0 Å². The molecule has 4 fully saturated rings. The number of rotatable bonds is 10. The van der Waals surface area contributed by atoms with E-state index in [1.54, 1.807) is 0 Å². The first-order valence-electron chi connectivity index (χ1n) is 13.5. The molecule has 6 heteroatoms. The van der Waals surface area contributed by atoms with Crippen molar-refractivity contribution in [2.24, 2.45) is 0 Å². The van der Waals surface area contributed by atoms with Crippen molar-refractivity contribution >= 4 is 5.97 Å². The number of epoxide rings is 2. The van der Waals surface area contributed by atoms with E-state index in [1.165, 1.54) is 77.0 Å². The van der Waals surface area contributed by atoms with Crippen LogP contribution in [0.1, 0.15) is 117 Å². The maximum Gasteiger partial charge on any atom is 0.335 e. The van der Waals surface area contributed by atoms with Gasteiger partial charge in [-0.25, -0.2) is 4.79 Å². The minimum atomic E-state index is -0.818. The average molecular weight is 456 g/mol. The maximum atomic E-state index is 10.2. The molecule has 2 saturated heterocycles. The number of carboxylic acid groups (broad SMARTS) is 1. The van der Waals surface area contributed by atoms with Gasteiger partial charge in [-0.1, -0.05) is 78.1 Å². The topological polar surface area (TPSA) is 94.6 Å². The van der Waals surface area contributed by atoms with Gasteiger partial charge in [-0.3, -0.25) is 0 Å². The highest BCUT2D eigenvalue weighted by molar-refractivity contribution is 5.75. The smallest absolute Gasteiger partial charge is 0.335 e. The lowest BCUT2D eigenvalue weighted by Gasteiger charge is -2.30. The zero-order valence-electron chi connectivity index (χ0n) is 20.6. The number of hydrogen-bond donors (Lipinski definition) is 3. The van der Waals surface area contributed by atoms with Crippen LogP contribution in [0.15, 0.2) is 0 Å². The Labute approximate surface area is 195 Å². The highest BCUT2D eigenvalue weighted by Gasteiger charge is 2.44. The zero-order valence-corrected chi connectivity index (χ0v) is 20.6. The quantitative estimate of drug-likeness (QED) is 0.392. The van der Waals surface area contributed by atoms with Crippen LogP contribution in [0.25, 0.3) is 0 Å². The maximum absolute atomic E-state index is 10.2. The molecule has 0 unspecified atom stereocenters. The number of aliphatic carboxylic acids is 1. The van der Waals surface area contributed by atoms with Crippen LogP contribution < -0.4 is 5.32 Å². The van der Waals surface area contributed by atoms with E-state index in [0.29, 0.717) is 6.10 Å². The number of ether oxygens (including phenoxy) is 2. The second-order valence-electron chi connectivity index (χ2n) is 9.95. The molecule has 0 amide bonds. The third kappa shape index (κ3) is 11.4. The van der Waals surface area contributed by atoms with Gasteiger partial charge in [0.05, 0.1) is 18.8 Å². The van der Waals surface area contributed by atoms with Gasteiger partial charge in [0.15, 0.2) is 6.10 Å². The third-order valence-electron chi connectivity index (χ3n) is 7.06. The molecule has 4 aliphatic rings. The summed E-state index contributed by atoms with van der Waals surface area (Å²) in [5.74, 6) is -0.818. The molecule has 2 aliphatic carbocycles. The second-order valence-corrected chi connectivity index (χ2v) is 9.95. The normalized spacial score (nSPS) is 29.8. The largest absolute Gasteiger partial charge is 0.479 e. The Bertz CT molecular complexity index is 475. The van der Waals surface area contributed by atoms with Crippen LogP contribution in [0.4, 0.5) is 0 Å². The summed E-state index contributed by atoms with van der Waals surface area (Å²) in [7, 11) is 0. The number of unbranched alkanes of at least 4 members (excludes halogenated alkanes) is 2. The monoisotopic (exact) mass is 455 g/mol. The summed E-state index contributed by atoms with van der Waals surface area (Å²) in [4.78, 5) is 10.2. The number of carboxylic acids is 1. The summed E-state index contributed by atoms with van der Waals surface area (Å²) < 4.78 is 10.00. The van der Waals surface area contributed by atoms with Crippen molar-refractivity contribution in [2.75, 3.05) is 6.61 Å². The highest BCUT2D eigenvalue weighted by Crippen LogP contribution is 2.27. The van der Waals surface area contributed by atoms with E-state index >= 15 is 0 Å². The first-order chi connectivity index (χ1) is 15.6. The molecular formula is C26H49NO5. The van der Waals surface area contributed by atoms with Crippen molar-refractivity contribution in [2.45, 2.75) is 153 Å². The van der Waals surface area contributed by atoms with Crippen LogP contribution in [0.5, 0.6) is 0 Å². The predicted octanol–water partition coefficient (Wildman–Crippen LogP) is 5.21. The van der Waals surface area contributed by atoms with Crippen LogP contribution in [0, 0.1) is 0 Å². The molecule has 6 nitrogen and oxygen atoms in total. The van der Waals surface area contributed by atoms with Crippen LogP contribution in [0.2, 0.25) is 0 Å². The number of carbonyl (C=O) groups is 1. The standard InChI is InChI=1S/C12H23N.C7H12O3.C7H14O2/c1-3-7-11(8-4-1)13-12-9-5-2-6-10-12;1-2-3-4-5-6(10-5)7(8)9;1-2-3-4-6-7(5-8)9-6/h11-13H,1-10H2;5-6H,2-4H2,1H3,(H,8,9);6-8H,2-5H2,1H3/t;5-,6+;6-,7-/m.11/s1. The Kier molecular flexibility index (Phi) is 13.8. The minimum Gasteiger partial charge on any atom is -0.479 e. The first kappa shape index (κ1) is 27.6. The van der Waals surface area contributed by atoms with Crippen LogP contribution in [-0.4, -0.2) is 59.3 Å². The lowest BCUT2D eigenvalue weighted by atomic mass is 9.91. The van der Waals surface area contributed by atoms with Crippen molar-refractivity contribution in [3.8, 4) is 0 Å². The first-order valence-corrected chi connectivity index (χ1v) is 13.5. The van der Waals surface area contributed by atoms with Crippen LogP contribution in [-0.2, 0) is 14.3 Å². The number of nitrogens with one attached hydrogen (secondary N) is 1. The summed E-state index contributed by atoms with van der Waals surface area (Å²) in [6.45, 7) is 4.45. The fourth-order valence-electron chi connectivity index (χ4n) is 4.86. The SMILES string of the molecule is C1CCC(NC2CCCCC2)CC1.CCCC[C@H]1O[C@@H]1C(=O)O.CCCC[C@H]1O[C@@H]1CO. The molecule has 2 saturated carbocycles. The van der Waals surface area contributed by atoms with Crippen molar-refractivity contribution in [1.29, 1.82) is 0 Å². The Morgan fingerprint density at radius 1 is 0.781 bits per heavy atom. The van der Waals surface area contributed by atoms with Crippen LogP contribution in [0.3, 0.4) is 0 Å². The van der Waals surface area contributed by atoms with Crippen molar-refractivity contribution in [3.63, 3.8) is 0 Å². The summed E-state index contributed by atoms with van der Waals surface area (Å²) in [5.41, 5.74) is 0. The zero-order chi connectivity index (χ0) is 23.2. The molecule has 2 aliphatic heterocycles. The van der Waals surface area contributed by atoms with Crippen LogP contribution >= 0.6 is 0 Å². The molecule has 4 rings (SSSR count). The molecule has 0 aromatic rings. The van der Waals surface area contributed by atoms with Gasteiger partial charge in [0, 0.05) is 12.1 Å². The minimum absolute atomic E-state index is 0.0115. The van der Waals surface area contributed by atoms with E-state index in [9.17, 15) is 4.79 Å². The van der Waals surface area contributed by atoms with E-state index in [4.69, 9.17) is 19.7 Å². The molecule has 188 valence electrons. The molecule has 0 aromatic carbocycles. The Balaban J connectivity index is 0.000000174. The summed E-state index contributed by atoms with van der Waals surface area (Å²) in [6.07, 6.45) is 21.3. The molecular weight excluding hydrogens is 406 g/mol. The van der Waals surface area contributed by atoms with E-state index < -0.39 is 12.1 Å². The van der Waals surface area contributed by atoms with Crippen molar-refractivity contribution in [1.82, 2.24) is 5.32 Å². The molecule has 0 aromatic heterocycles. The Hall–Kier alpha value is -0.690. The predicted molar refractivity (Wildman–Crippen MR) is 128 cm³/mol. The summed E-state index contributed by atoms with van der Waals surface area (Å²) in [5, 5.41) is 20.8. The fourth-order valence-corrected chi connectivity index (χ4v) is 4.86. The molecule has 0 radical (unpaired) electrons. The molecule has 4 atom stereocenters. The Morgan fingerprint density at radius 2 is 1.28 bits per heavy atom. The van der Waals surface area contributed by atoms with E-state index in [0.717, 1.165) is 37.8 Å². The molecule has 3 N–H and O–H groups in total. The van der Waals surface area contributed by atoms with E-state index in [-0.39, 0.29) is 18.8 Å². The molecule has 0 spiro atoms. The van der Waals surface area contributed by atoms with Gasteiger partial charge in [0.25, 0.3) is 0 Å². The van der Waals surface area contributed by atoms with Gasteiger partial charge in [-0.15, -0.1) is 0 Å². The van der Waals surface area contributed by atoms with Crippen molar-refractivity contribution in [3.05, 3.63) is 0 Å². The number of aliphatic hydroxyl groups is 1. The third-order valence-corrected chi connectivity index (χ3v) is 7.06. The highest BCUT2D eigenvalue weighted by atomic mass is 16.6. The van der Waals surface area contributed by atoms with E-state index in [2.05, 4.69) is 19.2 Å². The molecule has 2 heterocycles.